The Bertz CT molecular complexity index is 983. The molecule has 0 fully saturated rings. The van der Waals surface area contributed by atoms with Gasteiger partial charge in [0.2, 0.25) is 0 Å². The van der Waals surface area contributed by atoms with Crippen LogP contribution in [0, 0.1) is 0 Å². The first-order chi connectivity index (χ1) is 13.1. The van der Waals surface area contributed by atoms with Gasteiger partial charge in [0.05, 0.1) is 31.1 Å². The van der Waals surface area contributed by atoms with Gasteiger partial charge in [0.25, 0.3) is 6.47 Å². The van der Waals surface area contributed by atoms with Crippen LogP contribution in [0.5, 0.6) is 5.75 Å². The topological polar surface area (TPSA) is 117 Å². The van der Waals surface area contributed by atoms with Crippen molar-refractivity contribution in [3.63, 3.8) is 0 Å². The number of nitrogens with zero attached hydrogens (tertiary/aromatic N) is 2. The quantitative estimate of drug-likeness (QED) is 0.467. The summed E-state index contributed by atoms with van der Waals surface area (Å²) < 4.78 is 15.4. The lowest BCUT2D eigenvalue weighted by Gasteiger charge is -2.16. The summed E-state index contributed by atoms with van der Waals surface area (Å²) in [7, 11) is 1.66. The summed E-state index contributed by atoms with van der Waals surface area (Å²) in [6, 6.07) is 8.96. The Kier molecular flexibility index (Phi) is 5.53. The van der Waals surface area contributed by atoms with Crippen LogP contribution >= 0.6 is 0 Å². The summed E-state index contributed by atoms with van der Waals surface area (Å²) in [6.45, 7) is 0.407. The molecule has 27 heavy (non-hydrogen) atoms. The van der Waals surface area contributed by atoms with E-state index in [2.05, 4.69) is 10.2 Å². The van der Waals surface area contributed by atoms with Gasteiger partial charge in [-0.15, -0.1) is 0 Å². The highest BCUT2D eigenvalue weighted by atomic mass is 16.5. The van der Waals surface area contributed by atoms with Gasteiger partial charge < -0.3 is 24.9 Å². The SMILES string of the molecule is COCc1cc(OC)c(-c2ccc3c(N)cnnc3c2)cc1B(O)OC=O. The van der Waals surface area contributed by atoms with Gasteiger partial charge >= 0.3 is 7.12 Å². The highest BCUT2D eigenvalue weighted by Crippen LogP contribution is 2.33. The number of carbonyl (C=O) groups excluding carboxylic acids is 1. The van der Waals surface area contributed by atoms with Crippen molar-refractivity contribution in [1.29, 1.82) is 0 Å². The molecule has 3 N–H and O–H groups in total. The molecule has 3 aromatic rings. The molecule has 0 atom stereocenters. The molecular weight excluding hydrogens is 349 g/mol. The largest absolute Gasteiger partial charge is 0.562 e. The average Bonchev–Trinajstić information content (AvgIpc) is 2.68. The summed E-state index contributed by atoms with van der Waals surface area (Å²) in [5.41, 5.74) is 9.59. The summed E-state index contributed by atoms with van der Waals surface area (Å²) >= 11 is 0. The van der Waals surface area contributed by atoms with Gasteiger partial charge in [-0.2, -0.15) is 10.2 Å². The minimum Gasteiger partial charge on any atom is -0.508 e. The summed E-state index contributed by atoms with van der Waals surface area (Å²) in [4.78, 5) is 10.6. The average molecular weight is 367 g/mol. The Morgan fingerprint density at radius 2 is 2.07 bits per heavy atom. The third-order valence-corrected chi connectivity index (χ3v) is 4.19. The van der Waals surface area contributed by atoms with E-state index in [4.69, 9.17) is 19.9 Å². The van der Waals surface area contributed by atoms with Gasteiger partial charge in [0.1, 0.15) is 5.75 Å². The molecule has 8 nitrogen and oxygen atoms in total. The number of benzene rings is 2. The second kappa shape index (κ2) is 8.02. The second-order valence-corrected chi connectivity index (χ2v) is 5.80. The third-order valence-electron chi connectivity index (χ3n) is 4.19. The van der Waals surface area contributed by atoms with Gasteiger partial charge in [0.15, 0.2) is 0 Å². The highest BCUT2D eigenvalue weighted by molar-refractivity contribution is 6.61. The van der Waals surface area contributed by atoms with Crippen LogP contribution in [0.4, 0.5) is 5.69 Å². The number of fused-ring (bicyclic) bond motifs is 1. The number of nitrogen functional groups attached to an aromatic ring is 1. The standard InChI is InChI=1S/C18H18BN3O5/c1-25-9-12-6-18(26-2)14(7-15(12)19(24)27-10-23)11-3-4-13-16(20)8-21-22-17(13)5-11/h3-8,10,24H,9H2,1-2H3,(H2,20,22). The lowest BCUT2D eigenvalue weighted by Crippen LogP contribution is -2.36. The normalized spacial score (nSPS) is 10.6. The Labute approximate surface area is 156 Å². The van der Waals surface area contributed by atoms with Crippen LogP contribution < -0.4 is 15.9 Å². The Morgan fingerprint density at radius 3 is 2.78 bits per heavy atom. The van der Waals surface area contributed by atoms with E-state index in [9.17, 15) is 9.82 Å². The summed E-state index contributed by atoms with van der Waals surface area (Å²) in [5, 5.41) is 19.0. The first kappa shape index (κ1) is 18.6. The first-order valence-electron chi connectivity index (χ1n) is 8.07. The Balaban J connectivity index is 2.18. The third kappa shape index (κ3) is 3.69. The van der Waals surface area contributed by atoms with Gasteiger partial charge in [0, 0.05) is 23.5 Å². The van der Waals surface area contributed by atoms with Crippen molar-refractivity contribution in [3.8, 4) is 16.9 Å². The fourth-order valence-electron chi connectivity index (χ4n) is 2.92. The van der Waals surface area contributed by atoms with E-state index in [0.717, 1.165) is 10.9 Å². The van der Waals surface area contributed by atoms with Crippen molar-refractivity contribution >= 4 is 35.6 Å². The molecule has 0 amide bonds. The van der Waals surface area contributed by atoms with Gasteiger partial charge in [-0.25, -0.2) is 0 Å². The van der Waals surface area contributed by atoms with E-state index in [0.29, 0.717) is 33.5 Å². The number of hydrogen-bond donors (Lipinski definition) is 2. The zero-order valence-electron chi connectivity index (χ0n) is 14.9. The molecule has 2 aromatic carbocycles. The van der Waals surface area contributed by atoms with Gasteiger partial charge in [-0.1, -0.05) is 6.07 Å². The van der Waals surface area contributed by atoms with Crippen LogP contribution in [0.3, 0.4) is 0 Å². The Hall–Kier alpha value is -3.17. The number of hydrogen-bond acceptors (Lipinski definition) is 8. The maximum atomic E-state index is 10.6. The van der Waals surface area contributed by atoms with Crippen LogP contribution in [-0.4, -0.2) is 43.0 Å². The van der Waals surface area contributed by atoms with Crippen LogP contribution in [-0.2, 0) is 20.8 Å². The highest BCUT2D eigenvalue weighted by Gasteiger charge is 2.24. The van der Waals surface area contributed by atoms with Gasteiger partial charge in [-0.05, 0) is 35.4 Å². The molecule has 0 unspecified atom stereocenters. The molecule has 0 bridgehead atoms. The van der Waals surface area contributed by atoms with Crippen molar-refractivity contribution in [3.05, 3.63) is 42.1 Å². The zero-order chi connectivity index (χ0) is 19.4. The number of carbonyl (C=O) groups is 1. The van der Waals surface area contributed by atoms with Crippen molar-refractivity contribution < 1.29 is 23.9 Å². The summed E-state index contributed by atoms with van der Waals surface area (Å²) in [5.74, 6) is 0.570. The maximum Gasteiger partial charge on any atom is 0.562 e. The van der Waals surface area contributed by atoms with Gasteiger partial charge in [-0.3, -0.25) is 4.79 Å². The van der Waals surface area contributed by atoms with Crippen LogP contribution in [0.25, 0.3) is 22.0 Å². The molecule has 0 aliphatic heterocycles. The number of ether oxygens (including phenoxy) is 2. The minimum absolute atomic E-state index is 0.194. The number of anilines is 1. The molecular formula is C18H18BN3O5. The molecule has 0 saturated heterocycles. The molecule has 0 aliphatic rings. The maximum absolute atomic E-state index is 10.6. The fraction of sp³-hybridized carbons (Fsp3) is 0.167. The fourth-order valence-corrected chi connectivity index (χ4v) is 2.92. The zero-order valence-corrected chi connectivity index (χ0v) is 14.9. The van der Waals surface area contributed by atoms with E-state index in [1.807, 2.05) is 18.2 Å². The van der Waals surface area contributed by atoms with E-state index >= 15 is 0 Å². The predicted octanol–water partition coefficient (Wildman–Crippen LogP) is 0.894. The lowest BCUT2D eigenvalue weighted by atomic mass is 9.75. The molecule has 0 radical (unpaired) electrons. The van der Waals surface area contributed by atoms with Crippen molar-refractivity contribution in [1.82, 2.24) is 10.2 Å². The Morgan fingerprint density at radius 1 is 1.26 bits per heavy atom. The van der Waals surface area contributed by atoms with E-state index in [1.165, 1.54) is 13.3 Å². The molecule has 0 saturated carbocycles. The number of methoxy groups -OCH3 is 2. The molecule has 3 rings (SSSR count). The molecule has 1 aromatic heterocycles. The van der Waals surface area contributed by atoms with Crippen LogP contribution in [0.2, 0.25) is 0 Å². The number of aromatic nitrogens is 2. The van der Waals surface area contributed by atoms with Crippen LogP contribution in [0.1, 0.15) is 5.56 Å². The molecule has 9 heteroatoms. The molecule has 138 valence electrons. The monoisotopic (exact) mass is 367 g/mol. The smallest absolute Gasteiger partial charge is 0.508 e. The first-order valence-corrected chi connectivity index (χ1v) is 8.07. The number of nitrogens with two attached hydrogens (primary N) is 1. The summed E-state index contributed by atoms with van der Waals surface area (Å²) in [6.07, 6.45) is 1.49. The molecule has 0 aliphatic carbocycles. The van der Waals surface area contributed by atoms with Crippen molar-refractivity contribution in [2.24, 2.45) is 0 Å². The number of rotatable bonds is 7. The predicted molar refractivity (Wildman–Crippen MR) is 101 cm³/mol. The van der Waals surface area contributed by atoms with Crippen LogP contribution in [0.15, 0.2) is 36.5 Å². The molecule has 0 spiro atoms. The minimum atomic E-state index is -1.42. The van der Waals surface area contributed by atoms with Crippen molar-refractivity contribution in [2.75, 3.05) is 20.0 Å². The van der Waals surface area contributed by atoms with Crippen molar-refractivity contribution in [2.45, 2.75) is 6.61 Å². The van der Waals surface area contributed by atoms with E-state index in [-0.39, 0.29) is 13.1 Å². The molecule has 1 heterocycles. The lowest BCUT2D eigenvalue weighted by molar-refractivity contribution is -0.121. The van der Waals surface area contributed by atoms with E-state index in [1.54, 1.807) is 19.2 Å². The second-order valence-electron chi connectivity index (χ2n) is 5.80. The van der Waals surface area contributed by atoms with E-state index < -0.39 is 7.12 Å².